The van der Waals surface area contributed by atoms with Crippen LogP contribution >= 0.6 is 11.3 Å². The summed E-state index contributed by atoms with van der Waals surface area (Å²) < 4.78 is 27.4. The average molecular weight is 316 g/mol. The molecule has 0 saturated carbocycles. The SMILES string of the molecule is CCC1(C)CCN(S(=O)(=O)c2ccc(CNC)s2)CC1. The summed E-state index contributed by atoms with van der Waals surface area (Å²) in [5.41, 5.74) is 0.304. The van der Waals surface area contributed by atoms with Gasteiger partial charge in [0.05, 0.1) is 0 Å². The highest BCUT2D eigenvalue weighted by molar-refractivity contribution is 7.91. The van der Waals surface area contributed by atoms with Crippen LogP contribution in [0, 0.1) is 5.41 Å². The Bertz CT molecular complexity index is 543. The minimum absolute atomic E-state index is 0.304. The molecule has 4 nitrogen and oxygen atoms in total. The first-order valence-corrected chi connectivity index (χ1v) is 9.40. The molecule has 2 heterocycles. The third-order valence-corrected chi connectivity index (χ3v) is 7.82. The molecule has 1 aromatic rings. The Kier molecular flexibility index (Phi) is 4.89. The van der Waals surface area contributed by atoms with Crippen molar-refractivity contribution in [2.24, 2.45) is 5.41 Å². The van der Waals surface area contributed by atoms with Gasteiger partial charge in [-0.1, -0.05) is 20.3 Å². The standard InChI is InChI=1S/C14H24N2O2S2/c1-4-14(2)7-9-16(10-8-14)20(17,18)13-6-5-12(19-13)11-15-3/h5-6,15H,4,7-11H2,1-3H3. The molecule has 0 amide bonds. The minimum atomic E-state index is -3.29. The first-order chi connectivity index (χ1) is 9.41. The largest absolute Gasteiger partial charge is 0.315 e. The third-order valence-electron chi connectivity index (χ3n) is 4.37. The lowest BCUT2D eigenvalue weighted by Gasteiger charge is -2.37. The molecule has 0 unspecified atom stereocenters. The van der Waals surface area contributed by atoms with Crippen molar-refractivity contribution in [3.63, 3.8) is 0 Å². The van der Waals surface area contributed by atoms with Gasteiger partial charge in [-0.15, -0.1) is 11.3 Å². The number of nitrogens with zero attached hydrogens (tertiary/aromatic N) is 1. The molecular weight excluding hydrogens is 292 g/mol. The van der Waals surface area contributed by atoms with E-state index in [2.05, 4.69) is 19.2 Å². The summed E-state index contributed by atoms with van der Waals surface area (Å²) in [6.45, 7) is 6.45. The van der Waals surface area contributed by atoms with Crippen LogP contribution in [0.5, 0.6) is 0 Å². The molecule has 0 aromatic carbocycles. The molecule has 0 radical (unpaired) electrons. The normalized spacial score (nSPS) is 20.1. The van der Waals surface area contributed by atoms with E-state index < -0.39 is 10.0 Å². The van der Waals surface area contributed by atoms with E-state index in [9.17, 15) is 8.42 Å². The number of rotatable bonds is 5. The van der Waals surface area contributed by atoms with Crippen LogP contribution in [0.2, 0.25) is 0 Å². The van der Waals surface area contributed by atoms with Gasteiger partial charge in [-0.25, -0.2) is 8.42 Å². The Labute approximate surface area is 126 Å². The smallest absolute Gasteiger partial charge is 0.252 e. The van der Waals surface area contributed by atoms with Crippen molar-refractivity contribution in [3.8, 4) is 0 Å². The van der Waals surface area contributed by atoms with Gasteiger partial charge in [0, 0.05) is 24.5 Å². The summed E-state index contributed by atoms with van der Waals surface area (Å²) in [6, 6.07) is 3.63. The van der Waals surface area contributed by atoms with Crippen LogP contribution in [0.3, 0.4) is 0 Å². The maximum atomic E-state index is 12.6. The van der Waals surface area contributed by atoms with E-state index in [1.54, 1.807) is 10.4 Å². The molecule has 2 rings (SSSR count). The Morgan fingerprint density at radius 3 is 2.55 bits per heavy atom. The molecule has 0 aliphatic carbocycles. The van der Waals surface area contributed by atoms with E-state index in [4.69, 9.17) is 0 Å². The molecule has 1 saturated heterocycles. The van der Waals surface area contributed by atoms with E-state index in [1.165, 1.54) is 11.3 Å². The van der Waals surface area contributed by atoms with Crippen LogP contribution in [-0.2, 0) is 16.6 Å². The highest BCUT2D eigenvalue weighted by Gasteiger charge is 2.34. The van der Waals surface area contributed by atoms with Gasteiger partial charge in [-0.05, 0) is 37.4 Å². The molecular formula is C14H24N2O2S2. The Balaban J connectivity index is 2.11. The minimum Gasteiger partial charge on any atom is -0.315 e. The monoisotopic (exact) mass is 316 g/mol. The lowest BCUT2D eigenvalue weighted by atomic mass is 9.79. The van der Waals surface area contributed by atoms with Crippen molar-refractivity contribution in [2.75, 3.05) is 20.1 Å². The highest BCUT2D eigenvalue weighted by Crippen LogP contribution is 2.36. The predicted octanol–water partition coefficient (Wildman–Crippen LogP) is 2.67. The maximum Gasteiger partial charge on any atom is 0.252 e. The van der Waals surface area contributed by atoms with Crippen molar-refractivity contribution >= 4 is 21.4 Å². The third kappa shape index (κ3) is 3.24. The molecule has 6 heteroatoms. The number of hydrogen-bond donors (Lipinski definition) is 1. The average Bonchev–Trinajstić information content (AvgIpc) is 2.89. The van der Waals surface area contributed by atoms with Crippen LogP contribution in [-0.4, -0.2) is 32.9 Å². The number of hydrogen-bond acceptors (Lipinski definition) is 4. The van der Waals surface area contributed by atoms with Gasteiger partial charge in [0.15, 0.2) is 0 Å². The fourth-order valence-electron chi connectivity index (χ4n) is 2.51. The van der Waals surface area contributed by atoms with Crippen LogP contribution in [0.4, 0.5) is 0 Å². The van der Waals surface area contributed by atoms with Crippen molar-refractivity contribution in [3.05, 3.63) is 17.0 Å². The van der Waals surface area contributed by atoms with Gasteiger partial charge in [0.1, 0.15) is 4.21 Å². The second-order valence-electron chi connectivity index (χ2n) is 5.82. The molecule has 0 atom stereocenters. The Hall–Kier alpha value is -0.430. The lowest BCUT2D eigenvalue weighted by Crippen LogP contribution is -2.41. The first-order valence-electron chi connectivity index (χ1n) is 7.15. The second kappa shape index (κ2) is 6.13. The van der Waals surface area contributed by atoms with Gasteiger partial charge in [-0.2, -0.15) is 4.31 Å². The van der Waals surface area contributed by atoms with Gasteiger partial charge < -0.3 is 5.32 Å². The van der Waals surface area contributed by atoms with E-state index in [-0.39, 0.29) is 0 Å². The summed E-state index contributed by atoms with van der Waals surface area (Å²) in [7, 11) is -1.43. The first kappa shape index (κ1) is 15.9. The van der Waals surface area contributed by atoms with Crippen LogP contribution < -0.4 is 5.32 Å². The summed E-state index contributed by atoms with van der Waals surface area (Å²) in [4.78, 5) is 1.06. The second-order valence-corrected chi connectivity index (χ2v) is 9.15. The van der Waals surface area contributed by atoms with Crippen molar-refractivity contribution < 1.29 is 8.42 Å². The van der Waals surface area contributed by atoms with E-state index in [0.29, 0.717) is 29.3 Å². The predicted molar refractivity (Wildman–Crippen MR) is 83.5 cm³/mol. The molecule has 1 aromatic heterocycles. The van der Waals surface area contributed by atoms with E-state index in [1.807, 2.05) is 13.1 Å². The molecule has 1 aliphatic heterocycles. The van der Waals surface area contributed by atoms with Gasteiger partial charge in [0.2, 0.25) is 0 Å². The number of sulfonamides is 1. The van der Waals surface area contributed by atoms with Gasteiger partial charge in [-0.3, -0.25) is 0 Å². The van der Waals surface area contributed by atoms with Crippen molar-refractivity contribution in [1.29, 1.82) is 0 Å². The Morgan fingerprint density at radius 1 is 1.35 bits per heavy atom. The Morgan fingerprint density at radius 2 is 2.00 bits per heavy atom. The summed E-state index contributed by atoms with van der Waals surface area (Å²) in [6.07, 6.45) is 3.03. The molecule has 20 heavy (non-hydrogen) atoms. The van der Waals surface area contributed by atoms with Crippen LogP contribution in [0.15, 0.2) is 16.3 Å². The van der Waals surface area contributed by atoms with Gasteiger partial charge >= 0.3 is 0 Å². The molecule has 1 aliphatic rings. The molecule has 1 fully saturated rings. The maximum absolute atomic E-state index is 12.6. The molecule has 0 bridgehead atoms. The summed E-state index contributed by atoms with van der Waals surface area (Å²) in [5, 5.41) is 3.05. The molecule has 114 valence electrons. The van der Waals surface area contributed by atoms with E-state index in [0.717, 1.165) is 24.1 Å². The summed E-state index contributed by atoms with van der Waals surface area (Å²) in [5.74, 6) is 0. The summed E-state index contributed by atoms with van der Waals surface area (Å²) >= 11 is 1.37. The lowest BCUT2D eigenvalue weighted by molar-refractivity contribution is 0.169. The topological polar surface area (TPSA) is 49.4 Å². The van der Waals surface area contributed by atoms with Crippen LogP contribution in [0.25, 0.3) is 0 Å². The van der Waals surface area contributed by atoms with E-state index >= 15 is 0 Å². The molecule has 0 spiro atoms. The quantitative estimate of drug-likeness (QED) is 0.908. The number of thiophene rings is 1. The highest BCUT2D eigenvalue weighted by atomic mass is 32.2. The van der Waals surface area contributed by atoms with Gasteiger partial charge in [0.25, 0.3) is 10.0 Å². The van der Waals surface area contributed by atoms with Crippen molar-refractivity contribution in [2.45, 2.75) is 43.9 Å². The van der Waals surface area contributed by atoms with Crippen molar-refractivity contribution in [1.82, 2.24) is 9.62 Å². The fraction of sp³-hybridized carbons (Fsp3) is 0.714. The number of piperidine rings is 1. The zero-order chi connectivity index (χ0) is 14.8. The van der Waals surface area contributed by atoms with Crippen LogP contribution in [0.1, 0.15) is 38.0 Å². The number of nitrogens with one attached hydrogen (secondary N) is 1. The zero-order valence-corrected chi connectivity index (χ0v) is 14.1. The fourth-order valence-corrected chi connectivity index (χ4v) is 5.48. The zero-order valence-electron chi connectivity index (χ0n) is 12.5. The molecule has 1 N–H and O–H groups in total.